The third-order valence-corrected chi connectivity index (χ3v) is 17.3. The first-order valence-corrected chi connectivity index (χ1v) is 26.7. The average molecular weight is 971 g/mol. The standard InChI is InChI=1S/C30H40N2O4.C29H38N2O4/c1-20(31-18-29(35)25-5-6-28(34)27(14-25)32-19-33)9-21-3-2-4-26(13-21)36-8-7-30-15-22-10-23(16-30)12-24(11-22)17-30;32-19-31-26-14-24(4-5-27(26)33)28(34)18-30-8-6-20-2-1-3-25(13-20)35-9-7-29-15-21-10-22(16-29)12-23(11-21)17-29/h2-6,13-14,19-20,22-24,29,31,34-35H,7-12,15-18H2,1H3,(H,32,33);1-5,13-14,19,21-23,28,30,33-34H,6-12,15-18H2,(H,31,32)/t20-,22?,23?,24?,29+,30?;21?,22?,23?,28-,29?/m10/s1. The smallest absolute Gasteiger partial charge is 0.211 e. The van der Waals surface area contributed by atoms with E-state index in [2.05, 4.69) is 76.7 Å². The van der Waals surface area contributed by atoms with Crippen LogP contribution in [0.1, 0.15) is 131 Å². The third-order valence-electron chi connectivity index (χ3n) is 17.3. The van der Waals surface area contributed by atoms with Crippen LogP contribution in [0.5, 0.6) is 23.0 Å². The number of nitrogens with one attached hydrogen (secondary N) is 4. The van der Waals surface area contributed by atoms with Crippen molar-refractivity contribution in [2.45, 2.75) is 128 Å². The second-order valence-electron chi connectivity index (χ2n) is 22.9. The van der Waals surface area contributed by atoms with Crippen LogP contribution in [0.15, 0.2) is 84.9 Å². The summed E-state index contributed by atoms with van der Waals surface area (Å²) in [5.41, 5.74) is 5.36. The predicted molar refractivity (Wildman–Crippen MR) is 278 cm³/mol. The number of phenols is 2. The fraction of sp³-hybridized carbons (Fsp3) is 0.559. The van der Waals surface area contributed by atoms with E-state index in [0.29, 0.717) is 47.9 Å². The third kappa shape index (κ3) is 13.3. The normalized spacial score (nSPS) is 27.8. The zero-order valence-electron chi connectivity index (χ0n) is 41.7. The molecule has 2 amide bonds. The average Bonchev–Trinajstić information content (AvgIpc) is 3.33. The Labute approximate surface area is 420 Å². The molecule has 8 N–H and O–H groups in total. The maximum Gasteiger partial charge on any atom is 0.211 e. The van der Waals surface area contributed by atoms with Gasteiger partial charge in [0.1, 0.15) is 23.0 Å². The summed E-state index contributed by atoms with van der Waals surface area (Å²) in [5.74, 6) is 7.75. The molecule has 0 unspecified atom stereocenters. The predicted octanol–water partition coefficient (Wildman–Crippen LogP) is 10.0. The molecule has 12 rings (SSSR count). The number of phenolic OH excluding ortho intramolecular Hbond substituents is 2. The van der Waals surface area contributed by atoms with Gasteiger partial charge in [0, 0.05) is 19.1 Å². The van der Waals surface area contributed by atoms with Crippen LogP contribution < -0.4 is 30.7 Å². The van der Waals surface area contributed by atoms with E-state index < -0.39 is 12.2 Å². The minimum atomic E-state index is -0.750. The van der Waals surface area contributed by atoms with Crippen molar-refractivity contribution in [1.29, 1.82) is 0 Å². The molecule has 0 radical (unpaired) electrons. The molecule has 382 valence electrons. The van der Waals surface area contributed by atoms with E-state index >= 15 is 0 Å². The van der Waals surface area contributed by atoms with Crippen molar-refractivity contribution in [2.24, 2.45) is 46.3 Å². The highest BCUT2D eigenvalue weighted by molar-refractivity contribution is 5.76. The first-order valence-electron chi connectivity index (χ1n) is 26.7. The van der Waals surface area contributed by atoms with Gasteiger partial charge in [0.2, 0.25) is 12.8 Å². The van der Waals surface area contributed by atoms with Gasteiger partial charge in [-0.15, -0.1) is 0 Å². The number of aliphatic hydroxyl groups is 2. The Kier molecular flexibility index (Phi) is 16.6. The van der Waals surface area contributed by atoms with E-state index in [-0.39, 0.29) is 28.9 Å². The molecular formula is C59H78N4O8. The maximum atomic E-state index is 10.7. The number of ether oxygens (including phenoxy) is 2. The van der Waals surface area contributed by atoms with Crippen LogP contribution in [-0.4, -0.2) is 72.1 Å². The van der Waals surface area contributed by atoms with Crippen molar-refractivity contribution in [1.82, 2.24) is 10.6 Å². The summed E-state index contributed by atoms with van der Waals surface area (Å²) in [6.45, 7) is 5.20. The molecule has 8 aliphatic carbocycles. The zero-order chi connectivity index (χ0) is 49.4. The number of carbonyl (C=O) groups is 2. The molecule has 0 spiro atoms. The lowest BCUT2D eigenvalue weighted by atomic mass is 9.49. The SMILES string of the molecule is C[C@H](Cc1cccc(OCCC23CC4CC(CC(C4)C2)C3)c1)NC[C@H](O)c1ccc(O)c(NC=O)c1.O=CNc1cc([C@@H](O)CNCCc2cccc(OCCC34CC5CC(CC(C5)C3)C4)c2)ccc1O. The van der Waals surface area contributed by atoms with Crippen molar-refractivity contribution in [2.75, 3.05) is 43.5 Å². The fourth-order valence-electron chi connectivity index (χ4n) is 14.8. The summed E-state index contributed by atoms with van der Waals surface area (Å²) in [6, 6.07) is 26.3. The molecule has 8 fully saturated rings. The lowest BCUT2D eigenvalue weighted by molar-refractivity contribution is -0.106. The summed E-state index contributed by atoms with van der Waals surface area (Å²) in [7, 11) is 0. The fourth-order valence-corrected chi connectivity index (χ4v) is 14.8. The number of aromatic hydroxyl groups is 2. The van der Waals surface area contributed by atoms with Crippen LogP contribution in [0, 0.1) is 46.3 Å². The highest BCUT2D eigenvalue weighted by Gasteiger charge is 2.51. The van der Waals surface area contributed by atoms with E-state index in [1.807, 2.05) is 0 Å². The number of amides is 2. The number of rotatable bonds is 24. The summed E-state index contributed by atoms with van der Waals surface area (Å²) in [5, 5.41) is 52.1. The molecule has 0 aromatic heterocycles. The Morgan fingerprint density at radius 1 is 0.592 bits per heavy atom. The van der Waals surface area contributed by atoms with Gasteiger partial charge < -0.3 is 51.2 Å². The summed E-state index contributed by atoms with van der Waals surface area (Å²) >= 11 is 0. The van der Waals surface area contributed by atoms with E-state index in [4.69, 9.17) is 9.47 Å². The van der Waals surface area contributed by atoms with E-state index in [0.717, 1.165) is 79.6 Å². The zero-order valence-corrected chi connectivity index (χ0v) is 41.7. The topological polar surface area (TPSA) is 182 Å². The molecule has 71 heavy (non-hydrogen) atoms. The summed E-state index contributed by atoms with van der Waals surface area (Å²) in [6.07, 6.45) is 21.1. The van der Waals surface area contributed by atoms with Crippen LogP contribution >= 0.6 is 0 Å². The summed E-state index contributed by atoms with van der Waals surface area (Å²) in [4.78, 5) is 21.4. The molecule has 3 atom stereocenters. The molecule has 0 heterocycles. The minimum absolute atomic E-state index is 0.0268. The molecule has 12 nitrogen and oxygen atoms in total. The van der Waals surface area contributed by atoms with Crippen molar-refractivity contribution in [3.8, 4) is 23.0 Å². The number of hydrogen-bond donors (Lipinski definition) is 8. The summed E-state index contributed by atoms with van der Waals surface area (Å²) < 4.78 is 12.5. The largest absolute Gasteiger partial charge is 0.506 e. The van der Waals surface area contributed by atoms with Crippen LogP contribution in [-0.2, 0) is 22.4 Å². The van der Waals surface area contributed by atoms with Gasteiger partial charge in [0.15, 0.2) is 0 Å². The number of anilines is 2. The van der Waals surface area contributed by atoms with Gasteiger partial charge >= 0.3 is 0 Å². The number of aliphatic hydroxyl groups excluding tert-OH is 2. The Balaban J connectivity index is 0.000000176. The van der Waals surface area contributed by atoms with Crippen LogP contribution in [0.4, 0.5) is 11.4 Å². The molecular weight excluding hydrogens is 893 g/mol. The molecule has 8 bridgehead atoms. The van der Waals surface area contributed by atoms with Crippen LogP contribution in [0.25, 0.3) is 0 Å². The lowest BCUT2D eigenvalue weighted by Gasteiger charge is -2.57. The van der Waals surface area contributed by atoms with E-state index in [1.54, 1.807) is 24.3 Å². The first-order chi connectivity index (χ1) is 34.4. The van der Waals surface area contributed by atoms with Crippen molar-refractivity contribution in [3.63, 3.8) is 0 Å². The van der Waals surface area contributed by atoms with Gasteiger partial charge in [-0.2, -0.15) is 0 Å². The molecule has 0 saturated heterocycles. The highest BCUT2D eigenvalue weighted by atomic mass is 16.5. The van der Waals surface area contributed by atoms with E-state index in [1.165, 1.54) is 113 Å². The van der Waals surface area contributed by atoms with Crippen molar-refractivity contribution >= 4 is 24.2 Å². The maximum absolute atomic E-state index is 10.7. The first kappa shape index (κ1) is 50.8. The van der Waals surface area contributed by atoms with Crippen molar-refractivity contribution in [3.05, 3.63) is 107 Å². The number of hydrogen-bond acceptors (Lipinski definition) is 10. The molecule has 0 aliphatic heterocycles. The number of benzene rings is 4. The van der Waals surface area contributed by atoms with Gasteiger partial charge in [-0.25, -0.2) is 0 Å². The quantitative estimate of drug-likeness (QED) is 0.0191. The van der Waals surface area contributed by atoms with Crippen LogP contribution in [0.3, 0.4) is 0 Å². The minimum Gasteiger partial charge on any atom is -0.506 e. The molecule has 8 aliphatic rings. The highest BCUT2D eigenvalue weighted by Crippen LogP contribution is 2.62. The van der Waals surface area contributed by atoms with Gasteiger partial charge in [0.05, 0.1) is 36.8 Å². The molecule has 12 heteroatoms. The van der Waals surface area contributed by atoms with Gasteiger partial charge in [-0.05, 0) is 233 Å². The molecule has 4 aromatic rings. The number of carbonyl (C=O) groups excluding carboxylic acids is 2. The van der Waals surface area contributed by atoms with Crippen molar-refractivity contribution < 1.29 is 39.5 Å². The van der Waals surface area contributed by atoms with Gasteiger partial charge in [0.25, 0.3) is 0 Å². The second kappa shape index (κ2) is 23.2. The Bertz CT molecular complexity index is 2340. The Morgan fingerprint density at radius 3 is 1.49 bits per heavy atom. The Morgan fingerprint density at radius 2 is 1.03 bits per heavy atom. The molecule has 4 aromatic carbocycles. The van der Waals surface area contributed by atoms with Crippen LogP contribution in [0.2, 0.25) is 0 Å². The van der Waals surface area contributed by atoms with Gasteiger partial charge in [-0.1, -0.05) is 36.4 Å². The molecule has 8 saturated carbocycles. The van der Waals surface area contributed by atoms with Gasteiger partial charge in [-0.3, -0.25) is 9.59 Å². The lowest BCUT2D eigenvalue weighted by Crippen LogP contribution is -2.46. The van der Waals surface area contributed by atoms with E-state index in [9.17, 15) is 30.0 Å². The Hall–Kier alpha value is -5.14. The monoisotopic (exact) mass is 971 g/mol. The second-order valence-corrected chi connectivity index (χ2v) is 22.9.